The Labute approximate surface area is 188 Å². The lowest BCUT2D eigenvalue weighted by atomic mass is 9.82. The van der Waals surface area contributed by atoms with Crippen LogP contribution in [0.25, 0.3) is 0 Å². The third-order valence-corrected chi connectivity index (χ3v) is 7.68. The number of imide groups is 1. The summed E-state index contributed by atoms with van der Waals surface area (Å²) in [4.78, 5) is 41.5. The second-order valence-corrected chi connectivity index (χ2v) is 10.0. The molecule has 0 unspecified atom stereocenters. The largest absolute Gasteiger partial charge is 0.326 e. The number of urea groups is 1. The van der Waals surface area contributed by atoms with Gasteiger partial charge in [-0.05, 0) is 37.0 Å². The number of carbonyl (C=O) groups is 3. The second-order valence-electron chi connectivity index (χ2n) is 8.81. The molecule has 168 valence electrons. The van der Waals surface area contributed by atoms with Crippen molar-refractivity contribution in [3.8, 4) is 0 Å². The number of thioether (sulfide) groups is 1. The van der Waals surface area contributed by atoms with Crippen LogP contribution in [-0.4, -0.2) is 64.3 Å². The molecular formula is C23H32N4O3S. The molecule has 1 spiro atoms. The Morgan fingerprint density at radius 1 is 1.16 bits per heavy atom. The summed E-state index contributed by atoms with van der Waals surface area (Å²) < 4.78 is 0. The van der Waals surface area contributed by atoms with Crippen LogP contribution in [0, 0.1) is 6.92 Å². The van der Waals surface area contributed by atoms with E-state index in [1.54, 1.807) is 0 Å². The molecule has 4 amide bonds. The maximum atomic E-state index is 12.9. The van der Waals surface area contributed by atoms with Gasteiger partial charge in [-0.2, -0.15) is 11.8 Å². The van der Waals surface area contributed by atoms with Crippen LogP contribution in [0.5, 0.6) is 0 Å². The van der Waals surface area contributed by atoms with E-state index in [1.807, 2.05) is 30.8 Å². The van der Waals surface area contributed by atoms with Crippen LogP contribution in [0.3, 0.4) is 0 Å². The molecule has 0 aromatic heterocycles. The molecule has 7 nitrogen and oxygen atoms in total. The Bertz CT molecular complexity index is 847. The Balaban J connectivity index is 1.33. The minimum atomic E-state index is -0.732. The number of benzene rings is 1. The normalized spacial score (nSPS) is 21.4. The van der Waals surface area contributed by atoms with Gasteiger partial charge in [0.15, 0.2) is 0 Å². The summed E-state index contributed by atoms with van der Waals surface area (Å²) in [7, 11) is 0. The van der Waals surface area contributed by atoms with Gasteiger partial charge in [-0.15, -0.1) is 0 Å². The van der Waals surface area contributed by atoms with Crippen molar-refractivity contribution in [1.82, 2.24) is 15.1 Å². The number of carbonyl (C=O) groups excluding carboxylic acids is 3. The molecule has 1 saturated carbocycles. The SMILES string of the molecule is Cc1c(CN2CCSCC2)cccc1NC(=O)CCN1C(=O)NC2(CCCCC2)C1=O. The van der Waals surface area contributed by atoms with Crippen molar-refractivity contribution >= 4 is 35.3 Å². The zero-order valence-corrected chi connectivity index (χ0v) is 19.1. The Hall–Kier alpha value is -2.06. The van der Waals surface area contributed by atoms with Gasteiger partial charge in [-0.1, -0.05) is 31.4 Å². The molecule has 1 aromatic carbocycles. The molecule has 2 heterocycles. The molecule has 1 aliphatic carbocycles. The van der Waals surface area contributed by atoms with E-state index in [1.165, 1.54) is 22.0 Å². The summed E-state index contributed by atoms with van der Waals surface area (Å²) in [6, 6.07) is 5.63. The molecular weight excluding hydrogens is 412 g/mol. The lowest BCUT2D eigenvalue weighted by molar-refractivity contribution is -0.132. The number of rotatable bonds is 6. The van der Waals surface area contributed by atoms with Gasteiger partial charge in [0.2, 0.25) is 5.91 Å². The second kappa shape index (κ2) is 9.61. The van der Waals surface area contributed by atoms with Crippen LogP contribution in [0.15, 0.2) is 18.2 Å². The van der Waals surface area contributed by atoms with Gasteiger partial charge in [-0.25, -0.2) is 4.79 Å². The van der Waals surface area contributed by atoms with Crippen molar-refractivity contribution in [3.05, 3.63) is 29.3 Å². The standard InChI is InChI=1S/C23H32N4O3S/c1-17-18(16-26-12-14-31-15-13-26)6-5-7-19(17)24-20(28)8-11-27-21(29)23(25-22(27)30)9-3-2-4-10-23/h5-7H,2-4,8-16H2,1H3,(H,24,28)(H,25,30). The first kappa shape index (κ1) is 22.1. The highest BCUT2D eigenvalue weighted by molar-refractivity contribution is 7.99. The molecule has 0 atom stereocenters. The van der Waals surface area contributed by atoms with E-state index < -0.39 is 5.54 Å². The van der Waals surface area contributed by atoms with Crippen LogP contribution in [-0.2, 0) is 16.1 Å². The molecule has 2 N–H and O–H groups in total. The van der Waals surface area contributed by atoms with Gasteiger partial charge >= 0.3 is 6.03 Å². The third-order valence-electron chi connectivity index (χ3n) is 6.73. The zero-order chi connectivity index (χ0) is 21.8. The van der Waals surface area contributed by atoms with Gasteiger partial charge in [0, 0.05) is 49.8 Å². The maximum Gasteiger partial charge on any atom is 0.325 e. The summed E-state index contributed by atoms with van der Waals surface area (Å²) in [5, 5.41) is 5.88. The Morgan fingerprint density at radius 3 is 2.65 bits per heavy atom. The summed E-state index contributed by atoms with van der Waals surface area (Å²) in [5.74, 6) is 1.99. The third kappa shape index (κ3) is 4.90. The zero-order valence-electron chi connectivity index (χ0n) is 18.2. The molecule has 3 aliphatic rings. The van der Waals surface area contributed by atoms with Gasteiger partial charge in [0.25, 0.3) is 5.91 Å². The number of nitrogens with one attached hydrogen (secondary N) is 2. The van der Waals surface area contributed by atoms with Crippen molar-refractivity contribution in [1.29, 1.82) is 0 Å². The molecule has 31 heavy (non-hydrogen) atoms. The molecule has 2 saturated heterocycles. The van der Waals surface area contributed by atoms with E-state index in [0.29, 0.717) is 12.8 Å². The fourth-order valence-corrected chi connectivity index (χ4v) is 5.77. The lowest BCUT2D eigenvalue weighted by Gasteiger charge is -2.30. The van der Waals surface area contributed by atoms with Crippen molar-refractivity contribution in [2.24, 2.45) is 0 Å². The summed E-state index contributed by atoms with van der Waals surface area (Å²) in [6.45, 7) is 5.22. The van der Waals surface area contributed by atoms with E-state index in [-0.39, 0.29) is 30.8 Å². The topological polar surface area (TPSA) is 81.8 Å². The Kier molecular flexibility index (Phi) is 6.86. The molecule has 4 rings (SSSR count). The van der Waals surface area contributed by atoms with Crippen molar-refractivity contribution < 1.29 is 14.4 Å². The number of hydrogen-bond donors (Lipinski definition) is 2. The van der Waals surface area contributed by atoms with Crippen LogP contribution in [0.2, 0.25) is 0 Å². The molecule has 3 fully saturated rings. The predicted molar refractivity (Wildman–Crippen MR) is 123 cm³/mol. The van der Waals surface area contributed by atoms with E-state index in [0.717, 1.165) is 50.1 Å². The van der Waals surface area contributed by atoms with Crippen molar-refractivity contribution in [2.75, 3.05) is 36.5 Å². The van der Waals surface area contributed by atoms with Crippen molar-refractivity contribution in [3.63, 3.8) is 0 Å². The van der Waals surface area contributed by atoms with Gasteiger partial charge in [-0.3, -0.25) is 19.4 Å². The fraction of sp³-hybridized carbons (Fsp3) is 0.609. The highest BCUT2D eigenvalue weighted by atomic mass is 32.2. The van der Waals surface area contributed by atoms with Gasteiger partial charge < -0.3 is 10.6 Å². The predicted octanol–water partition coefficient (Wildman–Crippen LogP) is 3.13. The Morgan fingerprint density at radius 2 is 1.90 bits per heavy atom. The van der Waals surface area contributed by atoms with Gasteiger partial charge in [0.1, 0.15) is 5.54 Å². The average Bonchev–Trinajstić information content (AvgIpc) is 2.99. The van der Waals surface area contributed by atoms with Crippen LogP contribution in [0.4, 0.5) is 10.5 Å². The molecule has 0 bridgehead atoms. The first-order valence-electron chi connectivity index (χ1n) is 11.3. The minimum absolute atomic E-state index is 0.0995. The van der Waals surface area contributed by atoms with E-state index in [9.17, 15) is 14.4 Å². The highest BCUT2D eigenvalue weighted by Crippen LogP contribution is 2.33. The van der Waals surface area contributed by atoms with E-state index >= 15 is 0 Å². The number of hydrogen-bond acceptors (Lipinski definition) is 5. The quantitative estimate of drug-likeness (QED) is 0.659. The smallest absolute Gasteiger partial charge is 0.325 e. The van der Waals surface area contributed by atoms with Gasteiger partial charge in [0.05, 0.1) is 0 Å². The monoisotopic (exact) mass is 444 g/mol. The summed E-state index contributed by atoms with van der Waals surface area (Å²) >= 11 is 1.99. The summed E-state index contributed by atoms with van der Waals surface area (Å²) in [5.41, 5.74) is 2.36. The minimum Gasteiger partial charge on any atom is -0.326 e. The fourth-order valence-electron chi connectivity index (χ4n) is 4.79. The lowest BCUT2D eigenvalue weighted by Crippen LogP contribution is -2.48. The molecule has 8 heteroatoms. The van der Waals surface area contributed by atoms with Crippen LogP contribution >= 0.6 is 11.8 Å². The van der Waals surface area contributed by atoms with E-state index in [4.69, 9.17) is 0 Å². The average molecular weight is 445 g/mol. The first-order chi connectivity index (χ1) is 15.0. The molecule has 2 aliphatic heterocycles. The highest BCUT2D eigenvalue weighted by Gasteiger charge is 2.51. The number of anilines is 1. The van der Waals surface area contributed by atoms with Crippen molar-refractivity contribution in [2.45, 2.75) is 57.5 Å². The molecule has 1 aromatic rings. The van der Waals surface area contributed by atoms with Crippen LogP contribution in [0.1, 0.15) is 49.7 Å². The first-order valence-corrected chi connectivity index (χ1v) is 12.5. The number of amides is 4. The molecule has 0 radical (unpaired) electrons. The van der Waals surface area contributed by atoms with E-state index in [2.05, 4.69) is 21.6 Å². The maximum absolute atomic E-state index is 12.9. The summed E-state index contributed by atoms with van der Waals surface area (Å²) in [6.07, 6.45) is 4.49. The van der Waals surface area contributed by atoms with Crippen LogP contribution < -0.4 is 10.6 Å². The number of nitrogens with zero attached hydrogens (tertiary/aromatic N) is 2.